The monoisotopic (exact) mass is 143 g/mol. The molecule has 0 aromatic carbocycles. The predicted octanol–water partition coefficient (Wildman–Crippen LogP) is -0.0227. The zero-order valence-corrected chi connectivity index (χ0v) is 5.32. The summed E-state index contributed by atoms with van der Waals surface area (Å²) in [5.41, 5.74) is 5.80. The topological polar surface area (TPSA) is 79.6 Å². The fraction of sp³-hybridized carbons (Fsp3) is 0.333. The zero-order chi connectivity index (χ0) is 7.56. The maximum Gasteiger partial charge on any atom is 0.158 e. The first kappa shape index (κ1) is 7.11. The lowest BCUT2D eigenvalue weighted by Gasteiger charge is -2.03. The van der Waals surface area contributed by atoms with Crippen molar-refractivity contribution < 1.29 is 14.6 Å². The van der Waals surface area contributed by atoms with Crippen LogP contribution in [0.3, 0.4) is 0 Å². The number of furan rings is 1. The van der Waals surface area contributed by atoms with Gasteiger partial charge in [-0.15, -0.1) is 0 Å². The summed E-state index contributed by atoms with van der Waals surface area (Å²) < 4.78 is 4.63. The summed E-state index contributed by atoms with van der Waals surface area (Å²) >= 11 is 0. The second-order valence-corrected chi connectivity index (χ2v) is 2.00. The van der Waals surface area contributed by atoms with Crippen LogP contribution in [0.4, 0.5) is 0 Å². The Hall–Kier alpha value is -1.00. The minimum atomic E-state index is -0.557. The van der Waals surface area contributed by atoms with Crippen LogP contribution in [0.25, 0.3) is 0 Å². The smallest absolute Gasteiger partial charge is 0.158 e. The van der Waals surface area contributed by atoms with Crippen molar-refractivity contribution in [1.82, 2.24) is 0 Å². The molecule has 0 saturated carbocycles. The first-order chi connectivity index (χ1) is 4.75. The third-order valence-electron chi connectivity index (χ3n) is 1.27. The van der Waals surface area contributed by atoms with Gasteiger partial charge >= 0.3 is 0 Å². The highest BCUT2D eigenvalue weighted by Gasteiger charge is 2.10. The summed E-state index contributed by atoms with van der Waals surface area (Å²) in [7, 11) is 0. The molecule has 0 aliphatic rings. The van der Waals surface area contributed by atoms with Crippen molar-refractivity contribution in [3.8, 4) is 5.75 Å². The van der Waals surface area contributed by atoms with Crippen molar-refractivity contribution in [2.24, 2.45) is 5.73 Å². The van der Waals surface area contributed by atoms with E-state index in [1.165, 1.54) is 12.5 Å². The third-order valence-corrected chi connectivity index (χ3v) is 1.27. The van der Waals surface area contributed by atoms with Gasteiger partial charge in [0.1, 0.15) is 6.26 Å². The fourth-order valence-electron chi connectivity index (χ4n) is 0.676. The molecular weight excluding hydrogens is 134 g/mol. The van der Waals surface area contributed by atoms with E-state index in [9.17, 15) is 0 Å². The third kappa shape index (κ3) is 1.12. The van der Waals surface area contributed by atoms with Gasteiger partial charge in [-0.1, -0.05) is 0 Å². The van der Waals surface area contributed by atoms with Crippen molar-refractivity contribution in [1.29, 1.82) is 0 Å². The minimum absolute atomic E-state index is 0.0125. The number of aliphatic hydroxyl groups is 1. The molecular formula is C6H9NO3. The number of rotatable bonds is 2. The van der Waals surface area contributed by atoms with Crippen LogP contribution in [0, 0.1) is 0 Å². The number of hydrogen-bond acceptors (Lipinski definition) is 4. The predicted molar refractivity (Wildman–Crippen MR) is 34.4 cm³/mol. The van der Waals surface area contributed by atoms with Crippen molar-refractivity contribution in [3.05, 3.63) is 18.1 Å². The summed E-state index contributed by atoms with van der Waals surface area (Å²) in [4.78, 5) is 0. The number of aliphatic hydroxyl groups excluding tert-OH is 1. The van der Waals surface area contributed by atoms with Gasteiger partial charge in [-0.05, 0) is 0 Å². The van der Waals surface area contributed by atoms with Gasteiger partial charge in [0.2, 0.25) is 0 Å². The molecule has 0 amide bonds. The molecule has 0 fully saturated rings. The highest BCUT2D eigenvalue weighted by Crippen LogP contribution is 2.22. The molecule has 0 spiro atoms. The summed E-state index contributed by atoms with van der Waals surface area (Å²) in [6, 6.07) is -0.557. The second-order valence-electron chi connectivity index (χ2n) is 2.00. The Labute approximate surface area is 57.9 Å². The molecule has 10 heavy (non-hydrogen) atoms. The highest BCUT2D eigenvalue weighted by molar-refractivity contribution is 5.28. The van der Waals surface area contributed by atoms with Gasteiger partial charge in [0, 0.05) is 0 Å². The molecule has 1 heterocycles. The standard InChI is InChI=1S/C6H9NO3/c7-5(1-8)4-2-10-3-6(4)9/h2-3,5,8-9H,1,7H2. The van der Waals surface area contributed by atoms with Crippen LogP contribution >= 0.6 is 0 Å². The first-order valence-electron chi connectivity index (χ1n) is 2.87. The van der Waals surface area contributed by atoms with Gasteiger partial charge < -0.3 is 20.4 Å². The average molecular weight is 143 g/mol. The summed E-state index contributed by atoms with van der Waals surface area (Å²) in [5.74, 6) is -0.0125. The number of nitrogens with two attached hydrogens (primary N) is 1. The largest absolute Gasteiger partial charge is 0.504 e. The van der Waals surface area contributed by atoms with E-state index in [-0.39, 0.29) is 12.4 Å². The van der Waals surface area contributed by atoms with Gasteiger partial charge in [-0.2, -0.15) is 0 Å². The highest BCUT2D eigenvalue weighted by atomic mass is 16.3. The van der Waals surface area contributed by atoms with Crippen molar-refractivity contribution in [2.45, 2.75) is 6.04 Å². The van der Waals surface area contributed by atoms with Gasteiger partial charge in [0.25, 0.3) is 0 Å². The van der Waals surface area contributed by atoms with E-state index in [0.717, 1.165) is 0 Å². The van der Waals surface area contributed by atoms with Gasteiger partial charge in [-0.25, -0.2) is 0 Å². The van der Waals surface area contributed by atoms with Crippen LogP contribution in [0.1, 0.15) is 11.6 Å². The van der Waals surface area contributed by atoms with E-state index in [1.807, 2.05) is 0 Å². The van der Waals surface area contributed by atoms with Gasteiger partial charge in [0.15, 0.2) is 5.75 Å². The Balaban J connectivity index is 2.82. The normalized spacial score (nSPS) is 13.4. The number of hydrogen-bond donors (Lipinski definition) is 3. The molecule has 4 N–H and O–H groups in total. The van der Waals surface area contributed by atoms with Gasteiger partial charge in [0.05, 0.1) is 24.5 Å². The van der Waals surface area contributed by atoms with Crippen LogP contribution in [0.2, 0.25) is 0 Å². The molecule has 56 valence electrons. The SMILES string of the molecule is NC(CO)c1cocc1O. The minimum Gasteiger partial charge on any atom is -0.504 e. The zero-order valence-electron chi connectivity index (χ0n) is 5.32. The van der Waals surface area contributed by atoms with E-state index in [1.54, 1.807) is 0 Å². The lowest BCUT2D eigenvalue weighted by atomic mass is 10.2. The van der Waals surface area contributed by atoms with E-state index in [2.05, 4.69) is 4.42 Å². The molecule has 0 aliphatic heterocycles. The lowest BCUT2D eigenvalue weighted by Crippen LogP contribution is -2.13. The van der Waals surface area contributed by atoms with Crippen LogP contribution in [0.5, 0.6) is 5.75 Å². The number of aromatic hydroxyl groups is 1. The van der Waals surface area contributed by atoms with Crippen molar-refractivity contribution >= 4 is 0 Å². The lowest BCUT2D eigenvalue weighted by molar-refractivity contribution is 0.265. The van der Waals surface area contributed by atoms with Crippen LogP contribution in [0.15, 0.2) is 16.9 Å². The van der Waals surface area contributed by atoms with E-state index in [4.69, 9.17) is 15.9 Å². The van der Waals surface area contributed by atoms with Crippen LogP contribution in [-0.4, -0.2) is 16.8 Å². The molecule has 4 nitrogen and oxygen atoms in total. The molecule has 0 radical (unpaired) electrons. The molecule has 4 heteroatoms. The van der Waals surface area contributed by atoms with Crippen LogP contribution < -0.4 is 5.73 Å². The Morgan fingerprint density at radius 3 is 2.70 bits per heavy atom. The average Bonchev–Trinajstić information content (AvgIpc) is 2.34. The fourth-order valence-corrected chi connectivity index (χ4v) is 0.676. The maximum absolute atomic E-state index is 8.97. The molecule has 1 aromatic heterocycles. The molecule has 1 atom stereocenters. The molecule has 1 unspecified atom stereocenters. The van der Waals surface area contributed by atoms with Gasteiger partial charge in [-0.3, -0.25) is 0 Å². The Bertz CT molecular complexity index is 209. The summed E-state index contributed by atoms with van der Waals surface area (Å²) in [5, 5.41) is 17.5. The summed E-state index contributed by atoms with van der Waals surface area (Å²) in [6.45, 7) is -0.201. The molecule has 0 aliphatic carbocycles. The van der Waals surface area contributed by atoms with E-state index >= 15 is 0 Å². The van der Waals surface area contributed by atoms with Crippen molar-refractivity contribution in [2.75, 3.05) is 6.61 Å². The van der Waals surface area contributed by atoms with E-state index in [0.29, 0.717) is 5.56 Å². The first-order valence-corrected chi connectivity index (χ1v) is 2.87. The van der Waals surface area contributed by atoms with Crippen LogP contribution in [-0.2, 0) is 0 Å². The Morgan fingerprint density at radius 1 is 1.60 bits per heavy atom. The van der Waals surface area contributed by atoms with Crippen molar-refractivity contribution in [3.63, 3.8) is 0 Å². The second kappa shape index (κ2) is 2.72. The Kier molecular flexibility index (Phi) is 1.94. The quantitative estimate of drug-likeness (QED) is 0.543. The molecule has 1 aromatic rings. The van der Waals surface area contributed by atoms with E-state index < -0.39 is 6.04 Å². The molecule has 0 saturated heterocycles. The Morgan fingerprint density at radius 2 is 2.30 bits per heavy atom. The summed E-state index contributed by atoms with van der Waals surface area (Å²) in [6.07, 6.45) is 2.49. The molecule has 1 rings (SSSR count). The molecule has 0 bridgehead atoms. The maximum atomic E-state index is 8.97.